The first-order chi connectivity index (χ1) is 16.0. The molecular weight excluding hydrogens is 452 g/mol. The number of benzene rings is 2. The van der Waals surface area contributed by atoms with Gasteiger partial charge >= 0.3 is 4.87 Å². The number of fused-ring (bicyclic) bond motifs is 9. The summed E-state index contributed by atoms with van der Waals surface area (Å²) in [5.41, 5.74) is 3.08. The number of carbonyl (C=O) groups is 2. The van der Waals surface area contributed by atoms with Gasteiger partial charge in [-0.1, -0.05) is 59.4 Å². The number of aryl methyl sites for hydroxylation is 1. The van der Waals surface area contributed by atoms with Gasteiger partial charge in [0.05, 0.1) is 22.5 Å². The summed E-state index contributed by atoms with van der Waals surface area (Å²) in [4.78, 5) is 45.1. The molecular formula is C26H22N2O3S2. The van der Waals surface area contributed by atoms with Gasteiger partial charge in [0.25, 0.3) is 0 Å². The molecule has 0 spiro atoms. The smallest absolute Gasteiger partial charge is 0.305 e. The van der Waals surface area contributed by atoms with Crippen molar-refractivity contribution in [2.75, 3.05) is 4.90 Å². The summed E-state index contributed by atoms with van der Waals surface area (Å²) in [6.07, 6.45) is 0.916. The number of thiazole rings is 1. The maximum absolute atomic E-state index is 13.6. The highest BCUT2D eigenvalue weighted by atomic mass is 32.2. The van der Waals surface area contributed by atoms with Crippen LogP contribution in [0, 0.1) is 36.5 Å². The van der Waals surface area contributed by atoms with Crippen LogP contribution in [0.25, 0.3) is 0 Å². The molecule has 1 aromatic heterocycles. The Kier molecular flexibility index (Phi) is 4.16. The second-order valence-electron chi connectivity index (χ2n) is 9.72. The van der Waals surface area contributed by atoms with Crippen molar-refractivity contribution < 1.29 is 9.59 Å². The van der Waals surface area contributed by atoms with E-state index >= 15 is 0 Å². The largest absolute Gasteiger partial charge is 0.307 e. The zero-order valence-electron chi connectivity index (χ0n) is 17.9. The molecule has 7 rings (SSSR count). The summed E-state index contributed by atoms with van der Waals surface area (Å²) < 4.78 is 0. The third-order valence-electron chi connectivity index (χ3n) is 8.17. The molecule has 2 bridgehead atoms. The predicted molar refractivity (Wildman–Crippen MR) is 129 cm³/mol. The molecule has 2 amide bonds. The van der Waals surface area contributed by atoms with Crippen LogP contribution in [-0.4, -0.2) is 22.0 Å². The van der Waals surface area contributed by atoms with Crippen molar-refractivity contribution in [3.63, 3.8) is 0 Å². The number of imide groups is 1. The number of nitrogens with zero attached hydrogens (tertiary/aromatic N) is 1. The molecule has 0 radical (unpaired) electrons. The van der Waals surface area contributed by atoms with Crippen LogP contribution < -0.4 is 9.77 Å². The van der Waals surface area contributed by atoms with E-state index in [0.29, 0.717) is 5.69 Å². The number of nitrogens with one attached hydrogen (secondary N) is 1. The molecule has 5 nitrogen and oxygen atoms in total. The maximum Gasteiger partial charge on any atom is 0.305 e. The van der Waals surface area contributed by atoms with Gasteiger partial charge in [-0.05, 0) is 48.8 Å². The number of hydrogen-bond acceptors (Lipinski definition) is 5. The van der Waals surface area contributed by atoms with E-state index in [1.54, 1.807) is 11.8 Å². The lowest BCUT2D eigenvalue weighted by Crippen LogP contribution is -2.42. The molecule has 0 unspecified atom stereocenters. The Morgan fingerprint density at radius 1 is 0.909 bits per heavy atom. The fourth-order valence-corrected chi connectivity index (χ4v) is 9.88. The Morgan fingerprint density at radius 2 is 1.61 bits per heavy atom. The minimum atomic E-state index is -0.255. The van der Waals surface area contributed by atoms with Crippen LogP contribution in [0.3, 0.4) is 0 Å². The predicted octanol–water partition coefficient (Wildman–Crippen LogP) is 4.42. The first kappa shape index (κ1) is 19.8. The molecule has 2 aromatic carbocycles. The van der Waals surface area contributed by atoms with E-state index in [9.17, 15) is 14.4 Å². The summed E-state index contributed by atoms with van der Waals surface area (Å²) in [5, 5.41) is 1.19. The minimum absolute atomic E-state index is 0.0282. The summed E-state index contributed by atoms with van der Waals surface area (Å²) in [5.74, 6) is 0.0543. The van der Waals surface area contributed by atoms with Gasteiger partial charge in [0.1, 0.15) is 0 Å². The monoisotopic (exact) mass is 474 g/mol. The van der Waals surface area contributed by atoms with Crippen LogP contribution >= 0.6 is 23.1 Å². The van der Waals surface area contributed by atoms with Crippen molar-refractivity contribution in [3.05, 3.63) is 80.3 Å². The third kappa shape index (κ3) is 2.63. The molecule has 7 atom stereocenters. The zero-order valence-corrected chi connectivity index (χ0v) is 19.6. The molecule has 4 aliphatic rings. The highest BCUT2D eigenvalue weighted by Crippen LogP contribution is 2.68. The average Bonchev–Trinajstić information content (AvgIpc) is 3.54. The van der Waals surface area contributed by atoms with E-state index < -0.39 is 0 Å². The van der Waals surface area contributed by atoms with E-state index in [0.717, 1.165) is 16.3 Å². The summed E-state index contributed by atoms with van der Waals surface area (Å²) >= 11 is 3.04. The third-order valence-corrected chi connectivity index (χ3v) is 10.8. The van der Waals surface area contributed by atoms with E-state index in [2.05, 4.69) is 36.2 Å². The molecule has 3 aromatic rings. The number of thioether (sulfide) groups is 1. The first-order valence-corrected chi connectivity index (χ1v) is 13.1. The minimum Gasteiger partial charge on any atom is -0.307 e. The first-order valence-electron chi connectivity index (χ1n) is 11.4. The van der Waals surface area contributed by atoms with Gasteiger partial charge in [0.2, 0.25) is 11.8 Å². The van der Waals surface area contributed by atoms with Crippen molar-refractivity contribution >= 4 is 40.6 Å². The van der Waals surface area contributed by atoms with Crippen LogP contribution in [-0.2, 0) is 9.59 Å². The van der Waals surface area contributed by atoms with Gasteiger partial charge in [-0.25, -0.2) is 0 Å². The Hall–Kier alpha value is -2.64. The quantitative estimate of drug-likeness (QED) is 0.558. The average molecular weight is 475 g/mol. The van der Waals surface area contributed by atoms with Crippen molar-refractivity contribution in [1.82, 2.24) is 4.98 Å². The van der Waals surface area contributed by atoms with E-state index in [1.165, 1.54) is 27.4 Å². The van der Waals surface area contributed by atoms with Gasteiger partial charge in [-0.3, -0.25) is 19.3 Å². The number of aromatic amines is 1. The van der Waals surface area contributed by atoms with Gasteiger partial charge in [0, 0.05) is 16.0 Å². The lowest BCUT2D eigenvalue weighted by Gasteiger charge is -2.43. The molecule has 2 aliphatic heterocycles. The Balaban J connectivity index is 1.34. The van der Waals surface area contributed by atoms with Crippen molar-refractivity contribution in [2.24, 2.45) is 29.6 Å². The van der Waals surface area contributed by atoms with Crippen LogP contribution in [0.15, 0.2) is 64.4 Å². The fraction of sp³-hybridized carbons (Fsp3) is 0.346. The molecule has 2 aliphatic carbocycles. The van der Waals surface area contributed by atoms with Crippen LogP contribution in [0.2, 0.25) is 0 Å². The number of carbonyl (C=O) groups excluding carboxylic acids is 2. The summed E-state index contributed by atoms with van der Waals surface area (Å²) in [7, 11) is 0. The zero-order chi connectivity index (χ0) is 22.4. The Bertz CT molecular complexity index is 1350. The maximum atomic E-state index is 13.6. The highest BCUT2D eigenvalue weighted by Gasteiger charge is 2.69. The number of anilines is 1. The van der Waals surface area contributed by atoms with Crippen LogP contribution in [0.4, 0.5) is 5.69 Å². The second-order valence-corrected chi connectivity index (χ2v) is 11.9. The van der Waals surface area contributed by atoms with Crippen molar-refractivity contribution in [3.8, 4) is 0 Å². The molecule has 1 N–H and O–H groups in total. The van der Waals surface area contributed by atoms with Gasteiger partial charge in [0.15, 0.2) is 0 Å². The highest BCUT2D eigenvalue weighted by molar-refractivity contribution is 8.00. The lowest BCUT2D eigenvalue weighted by atomic mass is 9.68. The number of aromatic nitrogens is 1. The fourth-order valence-electron chi connectivity index (χ4n) is 7.00. The molecule has 166 valence electrons. The normalized spacial score (nSPS) is 33.8. The molecule has 2 saturated carbocycles. The number of para-hydroxylation sites is 1. The molecule has 7 heteroatoms. The number of amides is 2. The molecule has 3 fully saturated rings. The summed E-state index contributed by atoms with van der Waals surface area (Å²) in [6, 6.07) is 17.9. The SMILES string of the molecule is Cc1ccc([C@H]2c3sc(=O)[nH]c3S[C@@H]3[C@H]4C[C@@H]([C@@H]5C(=O)N(c6ccccc6)C(=O)[C@@H]45)[C@@H]23)cc1. The Morgan fingerprint density at radius 3 is 2.33 bits per heavy atom. The Labute approximate surface area is 199 Å². The second kappa shape index (κ2) is 6.93. The lowest BCUT2D eigenvalue weighted by molar-refractivity contribution is -0.123. The number of hydrogen-bond donors (Lipinski definition) is 1. The topological polar surface area (TPSA) is 70.2 Å². The van der Waals surface area contributed by atoms with Gasteiger partial charge < -0.3 is 4.98 Å². The van der Waals surface area contributed by atoms with Gasteiger partial charge in [-0.15, -0.1) is 11.8 Å². The number of rotatable bonds is 2. The molecule has 33 heavy (non-hydrogen) atoms. The van der Waals surface area contributed by atoms with E-state index in [1.807, 2.05) is 30.3 Å². The van der Waals surface area contributed by atoms with Crippen molar-refractivity contribution in [1.29, 1.82) is 0 Å². The van der Waals surface area contributed by atoms with Gasteiger partial charge in [-0.2, -0.15) is 0 Å². The van der Waals surface area contributed by atoms with Crippen LogP contribution in [0.5, 0.6) is 0 Å². The molecule has 3 heterocycles. The van der Waals surface area contributed by atoms with Crippen LogP contribution in [0.1, 0.15) is 28.3 Å². The summed E-state index contributed by atoms with van der Waals surface area (Å²) in [6.45, 7) is 2.08. The van der Waals surface area contributed by atoms with E-state index in [-0.39, 0.29) is 57.4 Å². The van der Waals surface area contributed by atoms with E-state index in [4.69, 9.17) is 0 Å². The standard InChI is InChI=1S/C26H22N2O3S2/c1-12-7-9-13(10-8-12)17-18-15-11-16(21(18)32-23-22(17)33-26(31)27-23)20-19(15)24(29)28(25(20)30)14-5-3-2-4-6-14/h2-10,15-21H,11H2,1H3,(H,27,31)/t15-,16+,17-,18+,19+,20+,21-/m1/s1. The van der Waals surface area contributed by atoms with Crippen molar-refractivity contribution in [2.45, 2.75) is 29.5 Å². The molecule has 1 saturated heterocycles. The number of H-pyrrole nitrogens is 1.